The molecule has 0 amide bonds. The zero-order valence-corrected chi connectivity index (χ0v) is 9.28. The highest BCUT2D eigenvalue weighted by molar-refractivity contribution is 5.65. The Hall–Kier alpha value is -1.83. The number of hydrogen-bond acceptors (Lipinski definition) is 1. The number of nitrogens with one attached hydrogen (secondary N) is 1. The van der Waals surface area contributed by atoms with E-state index >= 15 is 0 Å². The molecule has 2 aliphatic rings. The van der Waals surface area contributed by atoms with Gasteiger partial charge < -0.3 is 5.32 Å². The first-order valence-corrected chi connectivity index (χ1v) is 5.97. The molecule has 0 radical (unpaired) electrons. The Morgan fingerprint density at radius 3 is 2.88 bits per heavy atom. The summed E-state index contributed by atoms with van der Waals surface area (Å²) in [4.78, 5) is 0. The molecule has 17 heavy (non-hydrogen) atoms. The highest BCUT2D eigenvalue weighted by Gasteiger charge is 2.39. The molecule has 0 unspecified atom stereocenters. The quantitative estimate of drug-likeness (QED) is 0.725. The molecule has 0 saturated carbocycles. The van der Waals surface area contributed by atoms with Crippen LogP contribution in [-0.2, 0) is 6.42 Å². The van der Waals surface area contributed by atoms with E-state index in [1.54, 1.807) is 12.1 Å². The van der Waals surface area contributed by atoms with Gasteiger partial charge in [-0.15, -0.1) is 0 Å². The molecule has 2 aromatic carbocycles. The van der Waals surface area contributed by atoms with Crippen molar-refractivity contribution in [1.29, 1.82) is 0 Å². The molecule has 1 nitrogen and oxygen atoms in total. The predicted octanol–water partition coefficient (Wildman–Crippen LogP) is 3.31. The van der Waals surface area contributed by atoms with Crippen LogP contribution < -0.4 is 5.32 Å². The summed E-state index contributed by atoms with van der Waals surface area (Å²) in [6.45, 7) is 0. The van der Waals surface area contributed by atoms with Gasteiger partial charge in [0.1, 0.15) is 5.82 Å². The maximum absolute atomic E-state index is 13.4. The summed E-state index contributed by atoms with van der Waals surface area (Å²) in [6.07, 6.45) is 0.995. The molecular formula is C15H12FN. The lowest BCUT2D eigenvalue weighted by atomic mass is 9.93. The van der Waals surface area contributed by atoms with Gasteiger partial charge in [0.2, 0.25) is 0 Å². The van der Waals surface area contributed by atoms with Crippen molar-refractivity contribution in [3.63, 3.8) is 0 Å². The van der Waals surface area contributed by atoms with Crippen LogP contribution in [-0.4, -0.2) is 6.04 Å². The van der Waals surface area contributed by atoms with Gasteiger partial charge in [-0.2, -0.15) is 0 Å². The van der Waals surface area contributed by atoms with Crippen molar-refractivity contribution in [2.45, 2.75) is 18.4 Å². The van der Waals surface area contributed by atoms with Gasteiger partial charge in [-0.25, -0.2) is 4.39 Å². The lowest BCUT2D eigenvalue weighted by molar-refractivity contribution is 0.624. The molecule has 2 aromatic rings. The largest absolute Gasteiger partial charge is 0.381 e. The molecule has 2 heteroatoms. The molecule has 1 aliphatic carbocycles. The van der Waals surface area contributed by atoms with Crippen LogP contribution in [0.5, 0.6) is 0 Å². The molecule has 0 fully saturated rings. The van der Waals surface area contributed by atoms with Crippen molar-refractivity contribution in [1.82, 2.24) is 0 Å². The lowest BCUT2D eigenvalue weighted by Gasteiger charge is -2.10. The Bertz CT molecular complexity index is 606. The molecule has 0 bridgehead atoms. The second kappa shape index (κ2) is 3.10. The topological polar surface area (TPSA) is 12.0 Å². The maximum atomic E-state index is 13.4. The van der Waals surface area contributed by atoms with Gasteiger partial charge in [0, 0.05) is 17.6 Å². The average Bonchev–Trinajstić information content (AvgIpc) is 2.84. The third-order valence-electron chi connectivity index (χ3n) is 3.92. The summed E-state index contributed by atoms with van der Waals surface area (Å²) >= 11 is 0. The van der Waals surface area contributed by atoms with Gasteiger partial charge in [-0.05, 0) is 41.3 Å². The molecule has 1 N–H and O–H groups in total. The summed E-state index contributed by atoms with van der Waals surface area (Å²) in [6, 6.07) is 13.9. The highest BCUT2D eigenvalue weighted by Crippen LogP contribution is 2.47. The van der Waals surface area contributed by atoms with E-state index in [1.807, 2.05) is 12.1 Å². The SMILES string of the molecule is Fc1ccc2c(c1)[C@@H]1c3ccccc3N[C@@H]1C2. The third-order valence-corrected chi connectivity index (χ3v) is 3.92. The number of para-hydroxylation sites is 1. The van der Waals surface area contributed by atoms with Gasteiger partial charge in [-0.1, -0.05) is 24.3 Å². The van der Waals surface area contributed by atoms with Crippen LogP contribution in [0.3, 0.4) is 0 Å². The van der Waals surface area contributed by atoms with Crippen LogP contribution in [0.25, 0.3) is 0 Å². The fraction of sp³-hybridized carbons (Fsp3) is 0.200. The van der Waals surface area contributed by atoms with Crippen LogP contribution in [0.2, 0.25) is 0 Å². The lowest BCUT2D eigenvalue weighted by Crippen LogP contribution is -2.17. The molecule has 84 valence electrons. The Kier molecular flexibility index (Phi) is 1.68. The van der Waals surface area contributed by atoms with Crippen molar-refractivity contribution in [3.05, 3.63) is 65.0 Å². The number of hydrogen-bond donors (Lipinski definition) is 1. The molecule has 2 atom stereocenters. The summed E-state index contributed by atoms with van der Waals surface area (Å²) in [5.41, 5.74) is 4.95. The number of fused-ring (bicyclic) bond motifs is 5. The fourth-order valence-corrected chi connectivity index (χ4v) is 3.23. The van der Waals surface area contributed by atoms with Crippen molar-refractivity contribution in [2.24, 2.45) is 0 Å². The molecule has 1 aliphatic heterocycles. The Morgan fingerprint density at radius 2 is 1.94 bits per heavy atom. The maximum Gasteiger partial charge on any atom is 0.123 e. The standard InChI is InChI=1S/C15H12FN/c16-10-6-5-9-7-14-15(12(9)8-10)11-3-1-2-4-13(11)17-14/h1-6,8,14-15,17H,7H2/t14-,15+/m1/s1. The summed E-state index contributed by atoms with van der Waals surface area (Å²) in [5.74, 6) is 0.200. The minimum absolute atomic E-state index is 0.131. The van der Waals surface area contributed by atoms with Crippen LogP contribution in [0.15, 0.2) is 42.5 Å². The van der Waals surface area contributed by atoms with Crippen molar-refractivity contribution in [2.75, 3.05) is 5.32 Å². The Morgan fingerprint density at radius 1 is 1.06 bits per heavy atom. The Balaban J connectivity index is 1.92. The minimum atomic E-state index is -0.131. The number of benzene rings is 2. The summed E-state index contributed by atoms with van der Waals surface area (Å²) < 4.78 is 13.4. The molecule has 0 spiro atoms. The minimum Gasteiger partial charge on any atom is -0.381 e. The molecule has 0 aromatic heterocycles. The van der Waals surface area contributed by atoms with E-state index in [0.29, 0.717) is 12.0 Å². The zero-order chi connectivity index (χ0) is 11.4. The van der Waals surface area contributed by atoms with Gasteiger partial charge in [0.15, 0.2) is 0 Å². The van der Waals surface area contributed by atoms with E-state index in [4.69, 9.17) is 0 Å². The monoisotopic (exact) mass is 225 g/mol. The summed E-state index contributed by atoms with van der Waals surface area (Å²) in [5, 5.41) is 3.54. The van der Waals surface area contributed by atoms with Crippen molar-refractivity contribution in [3.8, 4) is 0 Å². The van der Waals surface area contributed by atoms with Crippen LogP contribution >= 0.6 is 0 Å². The summed E-state index contributed by atoms with van der Waals surface area (Å²) in [7, 11) is 0. The smallest absolute Gasteiger partial charge is 0.123 e. The average molecular weight is 225 g/mol. The Labute approximate surface area is 99.3 Å². The van der Waals surface area contributed by atoms with Gasteiger partial charge in [0.05, 0.1) is 0 Å². The second-order valence-electron chi connectivity index (χ2n) is 4.86. The fourth-order valence-electron chi connectivity index (χ4n) is 3.23. The molecule has 4 rings (SSSR count). The normalized spacial score (nSPS) is 23.8. The first-order chi connectivity index (χ1) is 8.33. The molecule has 0 saturated heterocycles. The molecular weight excluding hydrogens is 213 g/mol. The van der Waals surface area contributed by atoms with E-state index < -0.39 is 0 Å². The van der Waals surface area contributed by atoms with E-state index in [1.165, 1.54) is 16.8 Å². The third kappa shape index (κ3) is 1.18. The number of halogens is 1. The first kappa shape index (κ1) is 9.23. The van der Waals surface area contributed by atoms with Crippen LogP contribution in [0.4, 0.5) is 10.1 Å². The predicted molar refractivity (Wildman–Crippen MR) is 65.8 cm³/mol. The van der Waals surface area contributed by atoms with Crippen molar-refractivity contribution < 1.29 is 4.39 Å². The van der Waals surface area contributed by atoms with E-state index in [0.717, 1.165) is 12.0 Å². The molecule has 1 heterocycles. The van der Waals surface area contributed by atoms with E-state index in [-0.39, 0.29) is 5.82 Å². The van der Waals surface area contributed by atoms with Gasteiger partial charge in [-0.3, -0.25) is 0 Å². The van der Waals surface area contributed by atoms with E-state index in [2.05, 4.69) is 23.5 Å². The second-order valence-corrected chi connectivity index (χ2v) is 4.86. The van der Waals surface area contributed by atoms with Gasteiger partial charge >= 0.3 is 0 Å². The first-order valence-electron chi connectivity index (χ1n) is 5.97. The van der Waals surface area contributed by atoms with Crippen LogP contribution in [0.1, 0.15) is 22.6 Å². The number of rotatable bonds is 0. The number of anilines is 1. The van der Waals surface area contributed by atoms with Crippen LogP contribution in [0, 0.1) is 5.82 Å². The zero-order valence-electron chi connectivity index (χ0n) is 9.28. The highest BCUT2D eigenvalue weighted by atomic mass is 19.1. The van der Waals surface area contributed by atoms with E-state index in [9.17, 15) is 4.39 Å². The van der Waals surface area contributed by atoms with Gasteiger partial charge in [0.25, 0.3) is 0 Å². The van der Waals surface area contributed by atoms with Crippen molar-refractivity contribution >= 4 is 5.69 Å².